The molecular weight excluding hydrogens is 448 g/mol. The highest BCUT2D eigenvalue weighted by Crippen LogP contribution is 2.28. The molecule has 3 aromatic rings. The Hall–Kier alpha value is -2.81. The molecule has 3 rings (SSSR count). The van der Waals surface area contributed by atoms with Gasteiger partial charge in [0.1, 0.15) is 11.6 Å². The minimum atomic E-state index is -0.373. The molecule has 2 aromatic heterocycles. The van der Waals surface area contributed by atoms with Gasteiger partial charge in [-0.3, -0.25) is 10.3 Å². The molecule has 32 heavy (non-hydrogen) atoms. The van der Waals surface area contributed by atoms with Gasteiger partial charge in [0, 0.05) is 54.4 Å². The number of ether oxygens (including phenoxy) is 2. The molecular formula is C23H25ClN4O3S. The van der Waals surface area contributed by atoms with Crippen LogP contribution >= 0.6 is 23.4 Å². The zero-order chi connectivity index (χ0) is 22.8. The van der Waals surface area contributed by atoms with Gasteiger partial charge in [-0.05, 0) is 49.4 Å². The molecule has 2 heterocycles. The Kier molecular flexibility index (Phi) is 9.15. The maximum Gasteiger partial charge on any atom is 0.324 e. The standard InChI is InChI=1S/C23H25ClN4O3S/c1-16-20(25-11-10-21(16)31-13-3-12-30-2)15-32-19-7-5-18(6-8-19)27-23(29)28-22-9-4-17(24)14-26-22/h4-11,14H,3,12-13,15H2,1-2H3,(H2,26,27,28,29). The molecule has 9 heteroatoms. The Morgan fingerprint density at radius 3 is 2.59 bits per heavy atom. The molecule has 0 atom stereocenters. The molecule has 1 aromatic carbocycles. The average Bonchev–Trinajstić information content (AvgIpc) is 2.79. The number of pyridine rings is 2. The van der Waals surface area contributed by atoms with Crippen LogP contribution in [0.4, 0.5) is 16.3 Å². The lowest BCUT2D eigenvalue weighted by atomic mass is 10.2. The number of thioether (sulfide) groups is 1. The number of benzene rings is 1. The van der Waals surface area contributed by atoms with Crippen molar-refractivity contribution in [1.29, 1.82) is 0 Å². The summed E-state index contributed by atoms with van der Waals surface area (Å²) in [6.07, 6.45) is 4.09. The van der Waals surface area contributed by atoms with E-state index in [2.05, 4.69) is 20.6 Å². The largest absolute Gasteiger partial charge is 0.493 e. The van der Waals surface area contributed by atoms with Gasteiger partial charge in [-0.2, -0.15) is 0 Å². The molecule has 0 spiro atoms. The Labute approximate surface area is 196 Å². The SMILES string of the molecule is COCCCOc1ccnc(CSc2ccc(NC(=O)Nc3ccc(Cl)cn3)cc2)c1C. The van der Waals surface area contributed by atoms with E-state index in [0.717, 1.165) is 34.1 Å². The van der Waals surface area contributed by atoms with Crippen LogP contribution in [0.2, 0.25) is 5.02 Å². The number of rotatable bonds is 10. The molecule has 0 bridgehead atoms. The van der Waals surface area contributed by atoms with Gasteiger partial charge >= 0.3 is 6.03 Å². The maximum atomic E-state index is 12.1. The van der Waals surface area contributed by atoms with Crippen LogP contribution in [-0.2, 0) is 10.5 Å². The highest BCUT2D eigenvalue weighted by atomic mass is 35.5. The van der Waals surface area contributed by atoms with Crippen molar-refractivity contribution in [3.05, 3.63) is 71.1 Å². The minimum Gasteiger partial charge on any atom is -0.493 e. The first-order valence-electron chi connectivity index (χ1n) is 10.0. The van der Waals surface area contributed by atoms with Crippen molar-refractivity contribution >= 4 is 40.9 Å². The van der Waals surface area contributed by atoms with Gasteiger partial charge in [-0.1, -0.05) is 11.6 Å². The van der Waals surface area contributed by atoms with E-state index in [1.54, 1.807) is 37.2 Å². The lowest BCUT2D eigenvalue weighted by Gasteiger charge is -2.12. The molecule has 168 valence electrons. The van der Waals surface area contributed by atoms with Crippen molar-refractivity contribution in [2.75, 3.05) is 31.0 Å². The van der Waals surface area contributed by atoms with Gasteiger partial charge in [-0.25, -0.2) is 9.78 Å². The molecule has 2 amide bonds. The molecule has 2 N–H and O–H groups in total. The molecule has 0 aliphatic heterocycles. The molecule has 0 unspecified atom stereocenters. The van der Waals surface area contributed by atoms with Crippen LogP contribution in [0.3, 0.4) is 0 Å². The van der Waals surface area contributed by atoms with E-state index < -0.39 is 0 Å². The summed E-state index contributed by atoms with van der Waals surface area (Å²) in [7, 11) is 1.68. The van der Waals surface area contributed by atoms with Crippen LogP contribution < -0.4 is 15.4 Å². The Morgan fingerprint density at radius 1 is 1.06 bits per heavy atom. The topological polar surface area (TPSA) is 85.4 Å². The van der Waals surface area contributed by atoms with Crippen molar-refractivity contribution in [3.63, 3.8) is 0 Å². The third-order valence-electron chi connectivity index (χ3n) is 4.47. The Balaban J connectivity index is 1.50. The van der Waals surface area contributed by atoms with Crippen LogP contribution in [0.1, 0.15) is 17.7 Å². The first-order chi connectivity index (χ1) is 15.5. The van der Waals surface area contributed by atoms with Gasteiger partial charge in [0.15, 0.2) is 0 Å². The van der Waals surface area contributed by atoms with E-state index in [1.165, 1.54) is 6.20 Å². The summed E-state index contributed by atoms with van der Waals surface area (Å²) in [5, 5.41) is 5.95. The summed E-state index contributed by atoms with van der Waals surface area (Å²) in [6, 6.07) is 12.4. The molecule has 0 aliphatic carbocycles. The number of anilines is 2. The molecule has 0 radical (unpaired) electrons. The van der Waals surface area contributed by atoms with E-state index in [-0.39, 0.29) is 6.03 Å². The lowest BCUT2D eigenvalue weighted by molar-refractivity contribution is 0.172. The smallest absolute Gasteiger partial charge is 0.324 e. The number of nitrogens with zero attached hydrogens (tertiary/aromatic N) is 2. The number of carbonyl (C=O) groups excluding carboxylic acids is 1. The fourth-order valence-electron chi connectivity index (χ4n) is 2.76. The third-order valence-corrected chi connectivity index (χ3v) is 5.71. The van der Waals surface area contributed by atoms with Crippen LogP contribution in [0, 0.1) is 6.92 Å². The summed E-state index contributed by atoms with van der Waals surface area (Å²) in [5.74, 6) is 2.00. The predicted octanol–water partition coefficient (Wildman–Crippen LogP) is 5.79. The first kappa shape index (κ1) is 23.8. The number of urea groups is 1. The molecule has 0 aliphatic rings. The van der Waals surface area contributed by atoms with E-state index >= 15 is 0 Å². The lowest BCUT2D eigenvalue weighted by Crippen LogP contribution is -2.19. The van der Waals surface area contributed by atoms with Crippen LogP contribution in [0.15, 0.2) is 59.8 Å². The van der Waals surface area contributed by atoms with E-state index in [1.807, 2.05) is 37.3 Å². The second-order valence-electron chi connectivity index (χ2n) is 6.83. The molecule has 0 saturated carbocycles. The highest BCUT2D eigenvalue weighted by molar-refractivity contribution is 7.98. The van der Waals surface area contributed by atoms with Crippen molar-refractivity contribution < 1.29 is 14.3 Å². The number of methoxy groups -OCH3 is 1. The van der Waals surface area contributed by atoms with E-state index in [4.69, 9.17) is 21.1 Å². The van der Waals surface area contributed by atoms with Gasteiger partial charge in [0.05, 0.1) is 17.3 Å². The zero-order valence-corrected chi connectivity index (χ0v) is 19.5. The number of aromatic nitrogens is 2. The first-order valence-corrected chi connectivity index (χ1v) is 11.4. The van der Waals surface area contributed by atoms with Crippen molar-refractivity contribution in [2.24, 2.45) is 0 Å². The minimum absolute atomic E-state index is 0.373. The molecule has 0 fully saturated rings. The number of hydrogen-bond donors (Lipinski definition) is 2. The summed E-state index contributed by atoms with van der Waals surface area (Å²) < 4.78 is 10.9. The van der Waals surface area contributed by atoms with Gasteiger partial charge in [0.25, 0.3) is 0 Å². The van der Waals surface area contributed by atoms with Crippen molar-refractivity contribution in [2.45, 2.75) is 24.0 Å². The normalized spacial score (nSPS) is 10.6. The van der Waals surface area contributed by atoms with Crippen molar-refractivity contribution in [3.8, 4) is 5.75 Å². The fraction of sp³-hybridized carbons (Fsp3) is 0.261. The number of amides is 2. The van der Waals surface area contributed by atoms with Crippen molar-refractivity contribution in [1.82, 2.24) is 9.97 Å². The number of nitrogens with one attached hydrogen (secondary N) is 2. The second-order valence-corrected chi connectivity index (χ2v) is 8.31. The Morgan fingerprint density at radius 2 is 1.88 bits per heavy atom. The zero-order valence-electron chi connectivity index (χ0n) is 17.9. The average molecular weight is 473 g/mol. The quantitative estimate of drug-likeness (QED) is 0.287. The highest BCUT2D eigenvalue weighted by Gasteiger charge is 2.08. The maximum absolute atomic E-state index is 12.1. The second kappa shape index (κ2) is 12.3. The van der Waals surface area contributed by atoms with Crippen LogP contribution in [-0.4, -0.2) is 36.3 Å². The van der Waals surface area contributed by atoms with Crippen LogP contribution in [0.25, 0.3) is 0 Å². The molecule has 0 saturated heterocycles. The predicted molar refractivity (Wildman–Crippen MR) is 129 cm³/mol. The fourth-order valence-corrected chi connectivity index (χ4v) is 3.80. The third kappa shape index (κ3) is 7.40. The number of hydrogen-bond acceptors (Lipinski definition) is 6. The number of halogens is 1. The summed E-state index contributed by atoms with van der Waals surface area (Å²) >= 11 is 7.47. The Bertz CT molecular complexity index is 1020. The van der Waals surface area contributed by atoms with Crippen LogP contribution in [0.5, 0.6) is 5.75 Å². The summed E-state index contributed by atoms with van der Waals surface area (Å²) in [5.41, 5.74) is 2.71. The number of carbonyl (C=O) groups is 1. The van der Waals surface area contributed by atoms with Gasteiger partial charge in [-0.15, -0.1) is 11.8 Å². The van der Waals surface area contributed by atoms with E-state index in [0.29, 0.717) is 29.7 Å². The van der Waals surface area contributed by atoms with E-state index in [9.17, 15) is 4.79 Å². The monoisotopic (exact) mass is 472 g/mol. The van der Waals surface area contributed by atoms with Gasteiger partial charge in [0.2, 0.25) is 0 Å². The summed E-state index contributed by atoms with van der Waals surface area (Å²) in [6.45, 7) is 3.31. The summed E-state index contributed by atoms with van der Waals surface area (Å²) in [4.78, 5) is 21.7. The molecule has 7 nitrogen and oxygen atoms in total. The van der Waals surface area contributed by atoms with Gasteiger partial charge < -0.3 is 14.8 Å².